The van der Waals surface area contributed by atoms with Gasteiger partial charge in [0.1, 0.15) is 11.4 Å². The Bertz CT molecular complexity index is 963. The molecular weight excluding hydrogens is 372 g/mol. The number of ether oxygens (including phenoxy) is 1. The molecule has 8 heteroatoms. The molecule has 0 radical (unpaired) electrons. The second kappa shape index (κ2) is 8.23. The Morgan fingerprint density at radius 1 is 1.31 bits per heavy atom. The molecule has 156 valence electrons. The zero-order valence-corrected chi connectivity index (χ0v) is 17.4. The van der Waals surface area contributed by atoms with Crippen molar-refractivity contribution in [3.63, 3.8) is 0 Å². The Labute approximate surface area is 169 Å². The lowest BCUT2D eigenvalue weighted by Crippen LogP contribution is -2.47. The van der Waals surface area contributed by atoms with Gasteiger partial charge in [-0.1, -0.05) is 12.1 Å². The Morgan fingerprint density at radius 2 is 2.03 bits per heavy atom. The highest BCUT2D eigenvalue weighted by atomic mass is 16.6. The molecule has 1 N–H and O–H groups in total. The number of nitrogens with zero attached hydrogens (tertiary/aromatic N) is 3. The van der Waals surface area contributed by atoms with Gasteiger partial charge in [-0.25, -0.2) is 9.78 Å². The fourth-order valence-corrected chi connectivity index (χ4v) is 3.50. The van der Waals surface area contributed by atoms with Gasteiger partial charge in [-0.15, -0.1) is 0 Å². The van der Waals surface area contributed by atoms with Gasteiger partial charge in [0.25, 0.3) is 5.56 Å². The number of amides is 2. The zero-order valence-electron chi connectivity index (χ0n) is 17.4. The third-order valence-corrected chi connectivity index (χ3v) is 4.85. The lowest BCUT2D eigenvalue weighted by atomic mass is 9.97. The minimum Gasteiger partial charge on any atom is -0.444 e. The van der Waals surface area contributed by atoms with E-state index in [0.717, 1.165) is 6.42 Å². The van der Waals surface area contributed by atoms with Crippen LogP contribution >= 0.6 is 0 Å². The fraction of sp³-hybridized carbons (Fsp3) is 0.524. The molecule has 1 unspecified atom stereocenters. The molecule has 1 fully saturated rings. The molecule has 1 aliphatic heterocycles. The average Bonchev–Trinajstić information content (AvgIpc) is 2.66. The van der Waals surface area contributed by atoms with E-state index in [4.69, 9.17) is 4.74 Å². The summed E-state index contributed by atoms with van der Waals surface area (Å²) < 4.78 is 5.43. The number of aromatic amines is 1. The van der Waals surface area contributed by atoms with Crippen molar-refractivity contribution < 1.29 is 14.3 Å². The molecule has 0 bridgehead atoms. The standard InChI is InChI=1S/C21H28N4O4/c1-21(2,3)29-20(28)25-11-7-8-14(12-25)19(27)24(4)13-17-22-16-10-6-5-9-15(16)18(26)23-17/h5-6,9-10,14H,7-8,11-13H2,1-4H3,(H,22,23,26). The van der Waals surface area contributed by atoms with Gasteiger partial charge in [-0.3, -0.25) is 9.59 Å². The van der Waals surface area contributed by atoms with Crippen LogP contribution in [-0.2, 0) is 16.1 Å². The van der Waals surface area contributed by atoms with E-state index in [0.29, 0.717) is 36.2 Å². The molecule has 29 heavy (non-hydrogen) atoms. The first-order chi connectivity index (χ1) is 13.6. The average molecular weight is 400 g/mol. The zero-order chi connectivity index (χ0) is 21.2. The second-order valence-corrected chi connectivity index (χ2v) is 8.49. The van der Waals surface area contributed by atoms with Gasteiger partial charge in [0.05, 0.1) is 23.4 Å². The normalized spacial score (nSPS) is 17.2. The van der Waals surface area contributed by atoms with E-state index in [1.165, 1.54) is 0 Å². The minimum absolute atomic E-state index is 0.0749. The predicted molar refractivity (Wildman–Crippen MR) is 109 cm³/mol. The van der Waals surface area contributed by atoms with Crippen LogP contribution < -0.4 is 5.56 Å². The first-order valence-corrected chi connectivity index (χ1v) is 9.85. The molecule has 1 atom stereocenters. The van der Waals surface area contributed by atoms with Gasteiger partial charge in [-0.2, -0.15) is 0 Å². The fourth-order valence-electron chi connectivity index (χ4n) is 3.50. The van der Waals surface area contributed by atoms with Gasteiger partial charge in [0.2, 0.25) is 5.91 Å². The molecular formula is C21H28N4O4. The third kappa shape index (κ3) is 5.13. The lowest BCUT2D eigenvalue weighted by molar-refractivity contribution is -0.136. The van der Waals surface area contributed by atoms with Crippen molar-refractivity contribution in [2.24, 2.45) is 5.92 Å². The molecule has 2 heterocycles. The Kier molecular flexibility index (Phi) is 5.91. The van der Waals surface area contributed by atoms with Crippen molar-refractivity contribution >= 4 is 22.9 Å². The van der Waals surface area contributed by atoms with E-state index in [1.807, 2.05) is 26.8 Å². The van der Waals surface area contributed by atoms with Gasteiger partial charge in [0.15, 0.2) is 0 Å². The topological polar surface area (TPSA) is 95.6 Å². The largest absolute Gasteiger partial charge is 0.444 e. The summed E-state index contributed by atoms with van der Waals surface area (Å²) in [5.41, 5.74) is -0.195. The maximum atomic E-state index is 12.9. The van der Waals surface area contributed by atoms with Crippen LogP contribution in [0.25, 0.3) is 10.9 Å². The number of hydrogen-bond acceptors (Lipinski definition) is 5. The quantitative estimate of drug-likeness (QED) is 0.854. The molecule has 1 aliphatic rings. The summed E-state index contributed by atoms with van der Waals surface area (Å²) in [7, 11) is 1.68. The van der Waals surface area contributed by atoms with Crippen molar-refractivity contribution in [2.45, 2.75) is 45.8 Å². The van der Waals surface area contributed by atoms with Crippen molar-refractivity contribution in [1.82, 2.24) is 19.8 Å². The van der Waals surface area contributed by atoms with E-state index in [9.17, 15) is 14.4 Å². The van der Waals surface area contributed by atoms with Gasteiger partial charge in [0, 0.05) is 20.1 Å². The molecule has 0 spiro atoms. The van der Waals surface area contributed by atoms with E-state index < -0.39 is 11.7 Å². The minimum atomic E-state index is -0.571. The monoisotopic (exact) mass is 400 g/mol. The number of piperidine rings is 1. The number of nitrogens with one attached hydrogen (secondary N) is 1. The summed E-state index contributed by atoms with van der Waals surface area (Å²) in [6.07, 6.45) is 1.07. The summed E-state index contributed by atoms with van der Waals surface area (Å²) in [5.74, 6) is 0.0619. The molecule has 1 saturated heterocycles. The van der Waals surface area contributed by atoms with Gasteiger partial charge >= 0.3 is 6.09 Å². The van der Waals surface area contributed by atoms with Crippen molar-refractivity contribution in [3.05, 3.63) is 40.4 Å². The molecule has 1 aromatic carbocycles. The van der Waals surface area contributed by atoms with E-state index in [-0.39, 0.29) is 23.9 Å². The van der Waals surface area contributed by atoms with Crippen LogP contribution in [0.15, 0.2) is 29.1 Å². The number of fused-ring (bicyclic) bond motifs is 1. The van der Waals surface area contributed by atoms with Crippen molar-refractivity contribution in [1.29, 1.82) is 0 Å². The Hall–Kier alpha value is -2.90. The second-order valence-electron chi connectivity index (χ2n) is 8.49. The third-order valence-electron chi connectivity index (χ3n) is 4.85. The first-order valence-electron chi connectivity index (χ1n) is 9.85. The number of carbonyl (C=O) groups is 2. The number of H-pyrrole nitrogens is 1. The van der Waals surface area contributed by atoms with Gasteiger partial charge < -0.3 is 19.5 Å². The lowest BCUT2D eigenvalue weighted by Gasteiger charge is -2.34. The molecule has 2 aromatic rings. The summed E-state index contributed by atoms with van der Waals surface area (Å²) in [4.78, 5) is 47.8. The molecule has 8 nitrogen and oxygen atoms in total. The summed E-state index contributed by atoms with van der Waals surface area (Å²) in [6.45, 7) is 6.58. The first kappa shape index (κ1) is 20.8. The number of para-hydroxylation sites is 1. The van der Waals surface area contributed by atoms with Crippen LogP contribution in [0.5, 0.6) is 0 Å². The summed E-state index contributed by atoms with van der Waals surface area (Å²) >= 11 is 0. The maximum Gasteiger partial charge on any atom is 0.410 e. The van der Waals surface area contributed by atoms with Crippen LogP contribution in [-0.4, -0.2) is 57.5 Å². The number of hydrogen-bond donors (Lipinski definition) is 1. The highest BCUT2D eigenvalue weighted by Gasteiger charge is 2.32. The number of rotatable bonds is 3. The Morgan fingerprint density at radius 3 is 2.76 bits per heavy atom. The van der Waals surface area contributed by atoms with Gasteiger partial charge in [-0.05, 0) is 45.7 Å². The van der Waals surface area contributed by atoms with Crippen LogP contribution in [0.1, 0.15) is 39.4 Å². The maximum absolute atomic E-state index is 12.9. The molecule has 2 amide bonds. The Balaban J connectivity index is 1.67. The molecule has 1 aromatic heterocycles. The van der Waals surface area contributed by atoms with Crippen LogP contribution in [0.2, 0.25) is 0 Å². The molecule has 0 saturated carbocycles. The summed E-state index contributed by atoms with van der Waals surface area (Å²) in [5, 5.41) is 0.519. The van der Waals surface area contributed by atoms with Crippen LogP contribution in [0.4, 0.5) is 4.79 Å². The van der Waals surface area contributed by atoms with Crippen LogP contribution in [0, 0.1) is 5.92 Å². The predicted octanol–water partition coefficient (Wildman–Crippen LogP) is 2.53. The highest BCUT2D eigenvalue weighted by molar-refractivity contribution is 5.80. The number of likely N-dealkylation sites (tertiary alicyclic amines) is 1. The van der Waals surface area contributed by atoms with Crippen molar-refractivity contribution in [3.8, 4) is 0 Å². The number of aromatic nitrogens is 2. The smallest absolute Gasteiger partial charge is 0.410 e. The highest BCUT2D eigenvalue weighted by Crippen LogP contribution is 2.21. The van der Waals surface area contributed by atoms with E-state index in [2.05, 4.69) is 9.97 Å². The molecule has 0 aliphatic carbocycles. The van der Waals surface area contributed by atoms with Crippen LogP contribution in [0.3, 0.4) is 0 Å². The van der Waals surface area contributed by atoms with E-state index >= 15 is 0 Å². The number of carbonyl (C=O) groups excluding carboxylic acids is 2. The number of benzene rings is 1. The molecule has 3 rings (SSSR count). The SMILES string of the molecule is CN(Cc1nc2ccccc2c(=O)[nH]1)C(=O)C1CCCN(C(=O)OC(C)(C)C)C1. The van der Waals surface area contributed by atoms with Crippen molar-refractivity contribution in [2.75, 3.05) is 20.1 Å². The summed E-state index contributed by atoms with van der Waals surface area (Å²) in [6, 6.07) is 7.09. The van der Waals surface area contributed by atoms with E-state index in [1.54, 1.807) is 35.0 Å².